The number of rotatable bonds is 7. The van der Waals surface area contributed by atoms with Crippen molar-refractivity contribution in [2.45, 2.75) is 51.6 Å². The van der Waals surface area contributed by atoms with Crippen LogP contribution < -0.4 is 0 Å². The highest BCUT2D eigenvalue weighted by molar-refractivity contribution is 5.75. The van der Waals surface area contributed by atoms with Gasteiger partial charge in [-0.25, -0.2) is 0 Å². The second-order valence-electron chi connectivity index (χ2n) is 5.52. The van der Waals surface area contributed by atoms with Crippen molar-refractivity contribution >= 4 is 5.57 Å². The average Bonchev–Trinajstić information content (AvgIpc) is 2.50. The summed E-state index contributed by atoms with van der Waals surface area (Å²) in [5.74, 6) is 0. The first-order valence-electron chi connectivity index (χ1n) is 7.88. The first-order chi connectivity index (χ1) is 9.79. The van der Waals surface area contributed by atoms with Crippen LogP contribution in [0.1, 0.15) is 51.5 Å². The number of ether oxygens (including phenoxy) is 1. The van der Waals surface area contributed by atoms with Crippen LogP contribution in [-0.4, -0.2) is 12.2 Å². The summed E-state index contributed by atoms with van der Waals surface area (Å²) in [6.07, 6.45) is 12.8. The van der Waals surface area contributed by atoms with E-state index in [9.17, 15) is 0 Å². The van der Waals surface area contributed by atoms with E-state index in [0.29, 0.717) is 0 Å². The van der Waals surface area contributed by atoms with Crippen LogP contribution in [0, 0.1) is 0 Å². The van der Waals surface area contributed by atoms with Gasteiger partial charge in [-0.3, -0.25) is 0 Å². The molecule has 0 aromatic heterocycles. The molecule has 0 fully saturated rings. The Morgan fingerprint density at radius 1 is 1.10 bits per heavy atom. The molecule has 0 spiro atoms. The first-order valence-corrected chi connectivity index (χ1v) is 7.88. The molecule has 1 aliphatic carbocycles. The minimum Gasteiger partial charge on any atom is -0.371 e. The molecule has 0 N–H and O–H groups in total. The highest BCUT2D eigenvalue weighted by Crippen LogP contribution is 2.33. The molecule has 0 bridgehead atoms. The Bertz CT molecular complexity index is 458. The second kappa shape index (κ2) is 7.44. The van der Waals surface area contributed by atoms with E-state index in [2.05, 4.69) is 62.4 Å². The van der Waals surface area contributed by atoms with Gasteiger partial charge in [-0.15, -0.1) is 0 Å². The zero-order valence-electron chi connectivity index (χ0n) is 12.8. The molecular formula is C19H26O. The SMILES string of the molecule is CCCCCC1(OCC)C=CC(c2ccccc2)=CC1. The van der Waals surface area contributed by atoms with E-state index in [0.717, 1.165) is 19.4 Å². The predicted octanol–water partition coefficient (Wildman–Crippen LogP) is 5.39. The van der Waals surface area contributed by atoms with Gasteiger partial charge in [-0.2, -0.15) is 0 Å². The number of unbranched alkanes of at least 4 members (excludes halogenated alkanes) is 2. The zero-order valence-corrected chi connectivity index (χ0v) is 12.8. The van der Waals surface area contributed by atoms with Crippen molar-refractivity contribution in [3.63, 3.8) is 0 Å². The van der Waals surface area contributed by atoms with Gasteiger partial charge < -0.3 is 4.74 Å². The number of benzene rings is 1. The number of hydrogen-bond donors (Lipinski definition) is 0. The molecule has 0 saturated heterocycles. The molecule has 1 aromatic rings. The molecular weight excluding hydrogens is 244 g/mol. The van der Waals surface area contributed by atoms with Gasteiger partial charge in [0.05, 0.1) is 5.60 Å². The van der Waals surface area contributed by atoms with Gasteiger partial charge >= 0.3 is 0 Å². The fourth-order valence-corrected chi connectivity index (χ4v) is 2.83. The molecule has 1 atom stereocenters. The molecule has 0 saturated carbocycles. The Kier molecular flexibility index (Phi) is 5.60. The van der Waals surface area contributed by atoms with Crippen molar-refractivity contribution in [2.75, 3.05) is 6.61 Å². The van der Waals surface area contributed by atoms with Crippen LogP contribution in [0.2, 0.25) is 0 Å². The molecule has 0 radical (unpaired) electrons. The fourth-order valence-electron chi connectivity index (χ4n) is 2.83. The number of allylic oxidation sites excluding steroid dienone is 2. The lowest BCUT2D eigenvalue weighted by Gasteiger charge is -2.32. The van der Waals surface area contributed by atoms with Gasteiger partial charge in [-0.1, -0.05) is 74.7 Å². The molecule has 0 heterocycles. The summed E-state index contributed by atoms with van der Waals surface area (Å²) in [6.45, 7) is 5.12. The lowest BCUT2D eigenvalue weighted by molar-refractivity contribution is -0.00719. The van der Waals surface area contributed by atoms with Crippen molar-refractivity contribution in [2.24, 2.45) is 0 Å². The van der Waals surface area contributed by atoms with Gasteiger partial charge in [0.2, 0.25) is 0 Å². The maximum absolute atomic E-state index is 6.07. The minimum absolute atomic E-state index is 0.0673. The van der Waals surface area contributed by atoms with Crippen LogP contribution in [0.3, 0.4) is 0 Å². The van der Waals surface area contributed by atoms with Gasteiger partial charge in [0.25, 0.3) is 0 Å². The molecule has 1 aliphatic rings. The van der Waals surface area contributed by atoms with Crippen LogP contribution >= 0.6 is 0 Å². The summed E-state index contributed by atoms with van der Waals surface area (Å²) in [5, 5.41) is 0. The molecule has 20 heavy (non-hydrogen) atoms. The highest BCUT2D eigenvalue weighted by atomic mass is 16.5. The van der Waals surface area contributed by atoms with E-state index in [1.54, 1.807) is 0 Å². The van der Waals surface area contributed by atoms with Crippen LogP contribution in [0.15, 0.2) is 48.6 Å². The van der Waals surface area contributed by atoms with E-state index in [1.165, 1.54) is 30.4 Å². The normalized spacial score (nSPS) is 21.8. The summed E-state index contributed by atoms with van der Waals surface area (Å²) < 4.78 is 6.07. The quantitative estimate of drug-likeness (QED) is 0.604. The number of hydrogen-bond acceptors (Lipinski definition) is 1. The van der Waals surface area contributed by atoms with Gasteiger partial charge in [0, 0.05) is 6.61 Å². The van der Waals surface area contributed by atoms with Crippen molar-refractivity contribution in [1.82, 2.24) is 0 Å². The standard InChI is InChI=1S/C19H26O/c1-3-5-9-14-19(20-4-2)15-12-18(13-16-19)17-10-7-6-8-11-17/h6-8,10-13,15H,3-5,9,14,16H2,1-2H3. The van der Waals surface area contributed by atoms with Crippen LogP contribution in [0.4, 0.5) is 0 Å². The molecule has 0 amide bonds. The summed E-state index contributed by atoms with van der Waals surface area (Å²) in [4.78, 5) is 0. The van der Waals surface area contributed by atoms with Crippen molar-refractivity contribution in [1.29, 1.82) is 0 Å². The van der Waals surface area contributed by atoms with Gasteiger partial charge in [-0.05, 0) is 30.9 Å². The summed E-state index contributed by atoms with van der Waals surface area (Å²) in [5.41, 5.74) is 2.54. The maximum Gasteiger partial charge on any atom is 0.0900 e. The monoisotopic (exact) mass is 270 g/mol. The molecule has 1 unspecified atom stereocenters. The molecule has 108 valence electrons. The van der Waals surface area contributed by atoms with E-state index in [-0.39, 0.29) is 5.60 Å². The first kappa shape index (κ1) is 15.1. The van der Waals surface area contributed by atoms with E-state index >= 15 is 0 Å². The van der Waals surface area contributed by atoms with Crippen molar-refractivity contribution in [3.05, 3.63) is 54.1 Å². The molecule has 1 heteroatoms. The smallest absolute Gasteiger partial charge is 0.0900 e. The summed E-state index contributed by atoms with van der Waals surface area (Å²) >= 11 is 0. The largest absolute Gasteiger partial charge is 0.371 e. The maximum atomic E-state index is 6.07. The van der Waals surface area contributed by atoms with Gasteiger partial charge in [0.15, 0.2) is 0 Å². The molecule has 1 nitrogen and oxygen atoms in total. The third kappa shape index (κ3) is 3.83. The van der Waals surface area contributed by atoms with E-state index in [1.807, 2.05) is 0 Å². The van der Waals surface area contributed by atoms with Gasteiger partial charge in [0.1, 0.15) is 0 Å². The third-order valence-electron chi connectivity index (χ3n) is 3.98. The second-order valence-corrected chi connectivity index (χ2v) is 5.52. The Morgan fingerprint density at radius 2 is 1.90 bits per heavy atom. The molecule has 1 aromatic carbocycles. The van der Waals surface area contributed by atoms with Crippen molar-refractivity contribution < 1.29 is 4.74 Å². The molecule has 0 aliphatic heterocycles. The Labute approximate surface area is 123 Å². The Balaban J connectivity index is 2.05. The highest BCUT2D eigenvalue weighted by Gasteiger charge is 2.28. The molecule has 2 rings (SSSR count). The average molecular weight is 270 g/mol. The predicted molar refractivity (Wildman–Crippen MR) is 86.7 cm³/mol. The fraction of sp³-hybridized carbons (Fsp3) is 0.474. The Hall–Kier alpha value is -1.34. The lowest BCUT2D eigenvalue weighted by Crippen LogP contribution is -2.31. The van der Waals surface area contributed by atoms with Crippen LogP contribution in [0.25, 0.3) is 5.57 Å². The Morgan fingerprint density at radius 3 is 2.50 bits per heavy atom. The summed E-state index contributed by atoms with van der Waals surface area (Å²) in [7, 11) is 0. The van der Waals surface area contributed by atoms with Crippen molar-refractivity contribution in [3.8, 4) is 0 Å². The van der Waals surface area contributed by atoms with E-state index in [4.69, 9.17) is 4.74 Å². The minimum atomic E-state index is -0.0673. The zero-order chi connectivity index (χ0) is 14.3. The van der Waals surface area contributed by atoms with Crippen LogP contribution in [0.5, 0.6) is 0 Å². The van der Waals surface area contributed by atoms with Crippen LogP contribution in [-0.2, 0) is 4.74 Å². The summed E-state index contributed by atoms with van der Waals surface area (Å²) in [6, 6.07) is 10.6. The van der Waals surface area contributed by atoms with E-state index < -0.39 is 0 Å². The topological polar surface area (TPSA) is 9.23 Å². The lowest BCUT2D eigenvalue weighted by atomic mass is 9.85. The third-order valence-corrected chi connectivity index (χ3v) is 3.98.